The summed E-state index contributed by atoms with van der Waals surface area (Å²) in [5, 5.41) is 3.51. The lowest BCUT2D eigenvalue weighted by Gasteiger charge is -2.17. The molecule has 0 saturated carbocycles. The Labute approximate surface area is 119 Å². The summed E-state index contributed by atoms with van der Waals surface area (Å²) < 4.78 is 0. The Bertz CT molecular complexity index is 255. The van der Waals surface area contributed by atoms with Crippen LogP contribution in [0.1, 0.15) is 65.7 Å². The SMILES string of the molecule is CCCNC(C)CCCCN1CC(CCC)CC1=O. The summed E-state index contributed by atoms with van der Waals surface area (Å²) in [5.74, 6) is 1.01. The zero-order chi connectivity index (χ0) is 14.1. The lowest BCUT2D eigenvalue weighted by atomic mass is 10.0. The molecular weight excluding hydrogens is 236 g/mol. The van der Waals surface area contributed by atoms with Crippen LogP contribution in [0.2, 0.25) is 0 Å². The number of nitrogens with zero attached hydrogens (tertiary/aromatic N) is 1. The van der Waals surface area contributed by atoms with Crippen LogP contribution < -0.4 is 5.32 Å². The van der Waals surface area contributed by atoms with E-state index in [1.165, 1.54) is 32.1 Å². The molecule has 1 saturated heterocycles. The number of carbonyl (C=O) groups is 1. The molecule has 0 aromatic rings. The molecule has 1 fully saturated rings. The van der Waals surface area contributed by atoms with Gasteiger partial charge in [0.2, 0.25) is 5.91 Å². The van der Waals surface area contributed by atoms with E-state index < -0.39 is 0 Å². The summed E-state index contributed by atoms with van der Waals surface area (Å²) in [6.45, 7) is 9.76. The molecule has 0 spiro atoms. The van der Waals surface area contributed by atoms with Crippen LogP contribution in [0.25, 0.3) is 0 Å². The van der Waals surface area contributed by atoms with Crippen molar-refractivity contribution >= 4 is 5.91 Å². The number of amides is 1. The van der Waals surface area contributed by atoms with Crippen LogP contribution >= 0.6 is 0 Å². The van der Waals surface area contributed by atoms with Crippen molar-refractivity contribution in [1.82, 2.24) is 10.2 Å². The first-order valence-electron chi connectivity index (χ1n) is 8.18. The fourth-order valence-corrected chi connectivity index (χ4v) is 2.92. The van der Waals surface area contributed by atoms with Crippen molar-refractivity contribution in [2.75, 3.05) is 19.6 Å². The third kappa shape index (κ3) is 6.42. The van der Waals surface area contributed by atoms with E-state index in [1.807, 2.05) is 0 Å². The van der Waals surface area contributed by atoms with Crippen molar-refractivity contribution in [3.63, 3.8) is 0 Å². The van der Waals surface area contributed by atoms with E-state index >= 15 is 0 Å². The van der Waals surface area contributed by atoms with Crippen LogP contribution in [0.15, 0.2) is 0 Å². The fourth-order valence-electron chi connectivity index (χ4n) is 2.92. The first kappa shape index (κ1) is 16.5. The number of rotatable bonds is 10. The molecule has 0 radical (unpaired) electrons. The highest BCUT2D eigenvalue weighted by molar-refractivity contribution is 5.78. The molecule has 3 heteroatoms. The molecule has 3 nitrogen and oxygen atoms in total. The second-order valence-electron chi connectivity index (χ2n) is 6.05. The van der Waals surface area contributed by atoms with Crippen molar-refractivity contribution in [3.05, 3.63) is 0 Å². The zero-order valence-electron chi connectivity index (χ0n) is 13.1. The number of likely N-dealkylation sites (tertiary alicyclic amines) is 1. The lowest BCUT2D eigenvalue weighted by molar-refractivity contribution is -0.127. The minimum atomic E-state index is 0.385. The van der Waals surface area contributed by atoms with Gasteiger partial charge in [0, 0.05) is 25.6 Å². The third-order valence-electron chi connectivity index (χ3n) is 4.05. The normalized spacial score (nSPS) is 21.1. The highest BCUT2D eigenvalue weighted by atomic mass is 16.2. The minimum absolute atomic E-state index is 0.385. The topological polar surface area (TPSA) is 32.3 Å². The van der Waals surface area contributed by atoms with Crippen molar-refractivity contribution in [2.24, 2.45) is 5.92 Å². The predicted octanol–water partition coefficient (Wildman–Crippen LogP) is 3.19. The molecule has 112 valence electrons. The summed E-state index contributed by atoms with van der Waals surface area (Å²) in [5.41, 5.74) is 0. The molecule has 1 rings (SSSR count). The number of hydrogen-bond acceptors (Lipinski definition) is 2. The zero-order valence-corrected chi connectivity index (χ0v) is 13.1. The van der Waals surface area contributed by atoms with Gasteiger partial charge in [-0.1, -0.05) is 26.7 Å². The van der Waals surface area contributed by atoms with Crippen molar-refractivity contribution in [1.29, 1.82) is 0 Å². The number of hydrogen-bond donors (Lipinski definition) is 1. The maximum atomic E-state index is 11.8. The Hall–Kier alpha value is -0.570. The molecule has 1 amide bonds. The van der Waals surface area contributed by atoms with Gasteiger partial charge in [0.1, 0.15) is 0 Å². The molecule has 0 bridgehead atoms. The van der Waals surface area contributed by atoms with Gasteiger partial charge in [-0.3, -0.25) is 4.79 Å². The Morgan fingerprint density at radius 3 is 2.79 bits per heavy atom. The molecular formula is C16H32N2O. The lowest BCUT2D eigenvalue weighted by Crippen LogP contribution is -2.28. The van der Waals surface area contributed by atoms with Gasteiger partial charge in [-0.15, -0.1) is 0 Å². The van der Waals surface area contributed by atoms with Crippen molar-refractivity contribution in [2.45, 2.75) is 71.8 Å². The Balaban J connectivity index is 2.08. The van der Waals surface area contributed by atoms with Crippen LogP contribution in [0.5, 0.6) is 0 Å². The van der Waals surface area contributed by atoms with Gasteiger partial charge in [0.25, 0.3) is 0 Å². The first-order valence-corrected chi connectivity index (χ1v) is 8.18. The predicted molar refractivity (Wildman–Crippen MR) is 81.2 cm³/mol. The van der Waals surface area contributed by atoms with Gasteiger partial charge in [0.05, 0.1) is 0 Å². The Morgan fingerprint density at radius 2 is 2.11 bits per heavy atom. The third-order valence-corrected chi connectivity index (χ3v) is 4.05. The maximum Gasteiger partial charge on any atom is 0.222 e. The first-order chi connectivity index (χ1) is 9.17. The van der Waals surface area contributed by atoms with Gasteiger partial charge in [-0.25, -0.2) is 0 Å². The van der Waals surface area contributed by atoms with Crippen LogP contribution in [0, 0.1) is 5.92 Å². The van der Waals surface area contributed by atoms with Gasteiger partial charge < -0.3 is 10.2 Å². The second kappa shape index (κ2) is 9.35. The van der Waals surface area contributed by atoms with E-state index in [-0.39, 0.29) is 0 Å². The summed E-state index contributed by atoms with van der Waals surface area (Å²) >= 11 is 0. The summed E-state index contributed by atoms with van der Waals surface area (Å²) in [6, 6.07) is 0.613. The maximum absolute atomic E-state index is 11.8. The molecule has 2 atom stereocenters. The summed E-state index contributed by atoms with van der Waals surface area (Å²) in [7, 11) is 0. The molecule has 0 aromatic carbocycles. The summed E-state index contributed by atoms with van der Waals surface area (Å²) in [6.07, 6.45) is 8.00. The van der Waals surface area contributed by atoms with Crippen LogP contribution in [0.3, 0.4) is 0 Å². The molecule has 0 aliphatic carbocycles. The molecule has 1 aliphatic heterocycles. The van der Waals surface area contributed by atoms with E-state index in [4.69, 9.17) is 0 Å². The average Bonchev–Trinajstić information content (AvgIpc) is 2.73. The van der Waals surface area contributed by atoms with Crippen molar-refractivity contribution < 1.29 is 4.79 Å². The van der Waals surface area contributed by atoms with Crippen molar-refractivity contribution in [3.8, 4) is 0 Å². The largest absolute Gasteiger partial charge is 0.342 e. The molecule has 0 aromatic heterocycles. The Kier molecular flexibility index (Phi) is 8.11. The van der Waals surface area contributed by atoms with E-state index in [1.54, 1.807) is 0 Å². The van der Waals surface area contributed by atoms with Crippen LogP contribution in [0.4, 0.5) is 0 Å². The molecule has 2 unspecified atom stereocenters. The second-order valence-corrected chi connectivity index (χ2v) is 6.05. The van der Waals surface area contributed by atoms with Crippen LogP contribution in [-0.4, -0.2) is 36.5 Å². The van der Waals surface area contributed by atoms with E-state index in [0.29, 0.717) is 17.9 Å². The number of nitrogens with one attached hydrogen (secondary N) is 1. The van der Waals surface area contributed by atoms with Gasteiger partial charge >= 0.3 is 0 Å². The standard InChI is InChI=1S/C16H32N2O/c1-4-8-15-12-16(19)18(13-15)11-7-6-9-14(3)17-10-5-2/h14-15,17H,4-13H2,1-3H3. The molecule has 1 heterocycles. The monoisotopic (exact) mass is 268 g/mol. The van der Waals surface area contributed by atoms with E-state index in [9.17, 15) is 4.79 Å². The summed E-state index contributed by atoms with van der Waals surface area (Å²) in [4.78, 5) is 13.9. The molecule has 1 N–H and O–H groups in total. The molecule has 19 heavy (non-hydrogen) atoms. The molecule has 1 aliphatic rings. The average molecular weight is 268 g/mol. The van der Waals surface area contributed by atoms with Gasteiger partial charge in [0.15, 0.2) is 0 Å². The Morgan fingerprint density at radius 1 is 1.32 bits per heavy atom. The van der Waals surface area contributed by atoms with Gasteiger partial charge in [-0.05, 0) is 45.1 Å². The highest BCUT2D eigenvalue weighted by Gasteiger charge is 2.27. The highest BCUT2D eigenvalue weighted by Crippen LogP contribution is 2.22. The minimum Gasteiger partial charge on any atom is -0.342 e. The van der Waals surface area contributed by atoms with Gasteiger partial charge in [-0.2, -0.15) is 0 Å². The smallest absolute Gasteiger partial charge is 0.222 e. The van der Waals surface area contributed by atoms with E-state index in [0.717, 1.165) is 32.5 Å². The van der Waals surface area contributed by atoms with Crippen LogP contribution in [-0.2, 0) is 4.79 Å². The number of unbranched alkanes of at least 4 members (excludes halogenated alkanes) is 1. The fraction of sp³-hybridized carbons (Fsp3) is 0.938. The number of carbonyl (C=O) groups excluding carboxylic acids is 1. The quantitative estimate of drug-likeness (QED) is 0.617. The van der Waals surface area contributed by atoms with E-state index in [2.05, 4.69) is 31.0 Å².